The van der Waals surface area contributed by atoms with E-state index in [4.69, 9.17) is 0 Å². The van der Waals surface area contributed by atoms with Crippen LogP contribution in [0.5, 0.6) is 0 Å². The Morgan fingerprint density at radius 2 is 1.80 bits per heavy atom. The summed E-state index contributed by atoms with van der Waals surface area (Å²) < 4.78 is 0. The van der Waals surface area contributed by atoms with Gasteiger partial charge in [0.25, 0.3) is 0 Å². The molecule has 1 fully saturated rings. The fourth-order valence-electron chi connectivity index (χ4n) is 2.19. The Morgan fingerprint density at radius 1 is 1.20 bits per heavy atom. The summed E-state index contributed by atoms with van der Waals surface area (Å²) in [7, 11) is 0. The molecule has 0 spiro atoms. The molecule has 1 aliphatic heterocycles. The van der Waals surface area contributed by atoms with Gasteiger partial charge < -0.3 is 9.80 Å². The summed E-state index contributed by atoms with van der Waals surface area (Å²) >= 11 is 3.59. The lowest BCUT2D eigenvalue weighted by Crippen LogP contribution is -2.39. The highest BCUT2D eigenvalue weighted by Gasteiger charge is 2.17. The molecule has 0 atom stereocenters. The molecular formula is C12H25BrN2. The molecular weight excluding hydrogens is 252 g/mol. The molecule has 0 radical (unpaired) electrons. The molecule has 1 heterocycles. The first kappa shape index (κ1) is 13.5. The summed E-state index contributed by atoms with van der Waals surface area (Å²) in [5, 5.41) is 1.19. The van der Waals surface area contributed by atoms with E-state index in [1.807, 2.05) is 0 Å². The third-order valence-electron chi connectivity index (χ3n) is 3.55. The van der Waals surface area contributed by atoms with Gasteiger partial charge in [-0.3, -0.25) is 0 Å². The van der Waals surface area contributed by atoms with E-state index < -0.39 is 0 Å². The molecule has 0 bridgehead atoms. The smallest absolute Gasteiger partial charge is 0.0109 e. The first-order valence-corrected chi connectivity index (χ1v) is 7.43. The number of hydrogen-bond acceptors (Lipinski definition) is 2. The van der Waals surface area contributed by atoms with E-state index in [1.54, 1.807) is 0 Å². The summed E-state index contributed by atoms with van der Waals surface area (Å²) in [6.45, 7) is 12.0. The minimum atomic E-state index is 0.926. The minimum Gasteiger partial charge on any atom is -0.303 e. The van der Waals surface area contributed by atoms with Crippen molar-refractivity contribution in [2.75, 3.05) is 44.6 Å². The Balaban J connectivity index is 2.12. The van der Waals surface area contributed by atoms with Gasteiger partial charge in [-0.1, -0.05) is 29.8 Å². The van der Waals surface area contributed by atoms with Crippen LogP contribution >= 0.6 is 15.9 Å². The van der Waals surface area contributed by atoms with Crippen molar-refractivity contribution in [2.45, 2.75) is 26.7 Å². The van der Waals surface area contributed by atoms with E-state index in [2.05, 4.69) is 39.6 Å². The normalized spacial score (nSPS) is 20.0. The van der Waals surface area contributed by atoms with Gasteiger partial charge in [0.15, 0.2) is 0 Å². The molecule has 0 unspecified atom stereocenters. The Hall–Kier alpha value is 0.400. The minimum absolute atomic E-state index is 0.926. The van der Waals surface area contributed by atoms with Gasteiger partial charge >= 0.3 is 0 Å². The van der Waals surface area contributed by atoms with Crippen molar-refractivity contribution in [3.05, 3.63) is 0 Å². The van der Waals surface area contributed by atoms with Crippen LogP contribution in [0.25, 0.3) is 0 Å². The standard InChI is InChI=1S/C12H25BrN2/c1-3-14(4-2)9-10-15-7-5-12(11-13)6-8-15/h12H,3-11H2,1-2H3. The molecule has 0 aromatic heterocycles. The molecule has 0 N–H and O–H groups in total. The maximum Gasteiger partial charge on any atom is 0.0109 e. The lowest BCUT2D eigenvalue weighted by Gasteiger charge is -2.32. The van der Waals surface area contributed by atoms with Crippen molar-refractivity contribution in [1.82, 2.24) is 9.80 Å². The molecule has 0 saturated carbocycles. The molecule has 0 aromatic rings. The van der Waals surface area contributed by atoms with Crippen LogP contribution in [0.1, 0.15) is 26.7 Å². The third-order valence-corrected chi connectivity index (χ3v) is 4.47. The monoisotopic (exact) mass is 276 g/mol. The lowest BCUT2D eigenvalue weighted by molar-refractivity contribution is 0.167. The second kappa shape index (κ2) is 7.64. The number of likely N-dealkylation sites (N-methyl/N-ethyl adjacent to an activating group) is 1. The number of hydrogen-bond donors (Lipinski definition) is 0. The zero-order chi connectivity index (χ0) is 11.1. The lowest BCUT2D eigenvalue weighted by atomic mass is 9.99. The highest BCUT2D eigenvalue weighted by Crippen LogP contribution is 2.18. The van der Waals surface area contributed by atoms with Crippen LogP contribution in [0.2, 0.25) is 0 Å². The number of halogens is 1. The van der Waals surface area contributed by atoms with Crippen LogP contribution < -0.4 is 0 Å². The number of nitrogens with zero attached hydrogens (tertiary/aromatic N) is 2. The van der Waals surface area contributed by atoms with Crippen molar-refractivity contribution in [3.63, 3.8) is 0 Å². The highest BCUT2D eigenvalue weighted by atomic mass is 79.9. The Bertz CT molecular complexity index is 152. The summed E-state index contributed by atoms with van der Waals surface area (Å²) in [4.78, 5) is 5.13. The number of likely N-dealkylation sites (tertiary alicyclic amines) is 1. The van der Waals surface area contributed by atoms with Crippen molar-refractivity contribution < 1.29 is 0 Å². The van der Waals surface area contributed by atoms with Crippen molar-refractivity contribution in [3.8, 4) is 0 Å². The first-order valence-electron chi connectivity index (χ1n) is 6.30. The SMILES string of the molecule is CCN(CC)CCN1CCC(CBr)CC1. The maximum absolute atomic E-state index is 3.59. The average molecular weight is 277 g/mol. The van der Waals surface area contributed by atoms with E-state index in [0.29, 0.717) is 0 Å². The quantitative estimate of drug-likeness (QED) is 0.688. The molecule has 0 aliphatic carbocycles. The van der Waals surface area contributed by atoms with Crippen LogP contribution in [0, 0.1) is 5.92 Å². The zero-order valence-electron chi connectivity index (χ0n) is 10.2. The first-order chi connectivity index (χ1) is 7.30. The largest absolute Gasteiger partial charge is 0.303 e. The second-order valence-electron chi connectivity index (χ2n) is 4.47. The van der Waals surface area contributed by atoms with Crippen LogP contribution in [0.15, 0.2) is 0 Å². The van der Waals surface area contributed by atoms with Crippen LogP contribution in [0.4, 0.5) is 0 Å². The topological polar surface area (TPSA) is 6.48 Å². The second-order valence-corrected chi connectivity index (χ2v) is 5.11. The van der Waals surface area contributed by atoms with Crippen LogP contribution in [-0.2, 0) is 0 Å². The third kappa shape index (κ3) is 4.83. The summed E-state index contributed by atoms with van der Waals surface area (Å²) in [6, 6.07) is 0. The molecule has 3 heteroatoms. The van der Waals surface area contributed by atoms with Gasteiger partial charge in [-0.25, -0.2) is 0 Å². The van der Waals surface area contributed by atoms with E-state index in [0.717, 1.165) is 5.92 Å². The van der Waals surface area contributed by atoms with Gasteiger partial charge in [-0.2, -0.15) is 0 Å². The zero-order valence-corrected chi connectivity index (χ0v) is 11.8. The van der Waals surface area contributed by atoms with Gasteiger partial charge in [0, 0.05) is 18.4 Å². The van der Waals surface area contributed by atoms with Gasteiger partial charge in [0.2, 0.25) is 0 Å². The molecule has 2 nitrogen and oxygen atoms in total. The van der Waals surface area contributed by atoms with Gasteiger partial charge in [0.05, 0.1) is 0 Å². The van der Waals surface area contributed by atoms with Crippen LogP contribution in [-0.4, -0.2) is 54.4 Å². The van der Waals surface area contributed by atoms with E-state index in [1.165, 1.54) is 57.4 Å². The Labute approximate surface area is 103 Å². The van der Waals surface area contributed by atoms with E-state index >= 15 is 0 Å². The van der Waals surface area contributed by atoms with E-state index in [-0.39, 0.29) is 0 Å². The Kier molecular flexibility index (Phi) is 6.86. The Morgan fingerprint density at radius 3 is 2.27 bits per heavy atom. The molecule has 90 valence electrons. The van der Waals surface area contributed by atoms with Gasteiger partial charge in [-0.05, 0) is 44.9 Å². The molecule has 0 aromatic carbocycles. The predicted molar refractivity (Wildman–Crippen MR) is 70.7 cm³/mol. The van der Waals surface area contributed by atoms with E-state index in [9.17, 15) is 0 Å². The molecule has 1 aliphatic rings. The van der Waals surface area contributed by atoms with Crippen molar-refractivity contribution >= 4 is 15.9 Å². The molecule has 15 heavy (non-hydrogen) atoms. The fraction of sp³-hybridized carbons (Fsp3) is 1.00. The number of rotatable bonds is 6. The summed E-state index contributed by atoms with van der Waals surface area (Å²) in [5.41, 5.74) is 0. The number of alkyl halides is 1. The fourth-order valence-corrected chi connectivity index (χ4v) is 2.83. The predicted octanol–water partition coefficient (Wildman–Crippen LogP) is 2.44. The maximum atomic E-state index is 3.59. The van der Waals surface area contributed by atoms with Gasteiger partial charge in [0.1, 0.15) is 0 Å². The summed E-state index contributed by atoms with van der Waals surface area (Å²) in [5.74, 6) is 0.926. The molecule has 0 amide bonds. The highest BCUT2D eigenvalue weighted by molar-refractivity contribution is 9.09. The van der Waals surface area contributed by atoms with Crippen LogP contribution in [0.3, 0.4) is 0 Å². The van der Waals surface area contributed by atoms with Crippen molar-refractivity contribution in [2.24, 2.45) is 5.92 Å². The average Bonchev–Trinajstić information content (AvgIpc) is 2.31. The molecule has 1 saturated heterocycles. The molecule has 1 rings (SSSR count). The van der Waals surface area contributed by atoms with Gasteiger partial charge in [-0.15, -0.1) is 0 Å². The number of piperidine rings is 1. The summed E-state index contributed by atoms with van der Waals surface area (Å²) in [6.07, 6.45) is 2.76. The van der Waals surface area contributed by atoms with Crippen molar-refractivity contribution in [1.29, 1.82) is 0 Å².